The van der Waals surface area contributed by atoms with Crippen LogP contribution in [0.15, 0.2) is 102 Å². The maximum Gasteiger partial charge on any atom is 0.276 e. The number of aromatic nitrogens is 1. The minimum atomic E-state index is -0.979. The van der Waals surface area contributed by atoms with E-state index >= 15 is 0 Å². The van der Waals surface area contributed by atoms with Crippen molar-refractivity contribution in [1.29, 1.82) is 0 Å². The molecule has 232 valence electrons. The van der Waals surface area contributed by atoms with Crippen LogP contribution < -0.4 is 10.6 Å². The second kappa shape index (κ2) is 13.4. The maximum absolute atomic E-state index is 13.5. The summed E-state index contributed by atoms with van der Waals surface area (Å²) >= 11 is 2.85. The van der Waals surface area contributed by atoms with Gasteiger partial charge in [0.05, 0.1) is 17.9 Å². The van der Waals surface area contributed by atoms with Gasteiger partial charge in [-0.15, -0.1) is 23.1 Å². The van der Waals surface area contributed by atoms with Crippen LogP contribution in [0.3, 0.4) is 0 Å². The van der Waals surface area contributed by atoms with Gasteiger partial charge in [-0.05, 0) is 16.7 Å². The van der Waals surface area contributed by atoms with Crippen molar-refractivity contribution in [3.8, 4) is 0 Å². The fourth-order valence-corrected chi connectivity index (χ4v) is 7.98. The quantitative estimate of drug-likeness (QED) is 0.0979. The zero-order chi connectivity index (χ0) is 31.4. The maximum atomic E-state index is 13.5. The van der Waals surface area contributed by atoms with Gasteiger partial charge in [0.1, 0.15) is 30.6 Å². The number of aliphatic hydroxyl groups is 1. The molecular weight excluding hydrogens is 611 g/mol. The highest BCUT2D eigenvalue weighted by atomic mass is 32.2. The number of nitrogens with zero attached hydrogens (tertiary/aromatic N) is 3. The summed E-state index contributed by atoms with van der Waals surface area (Å²) in [6.45, 7) is 0.324. The Morgan fingerprint density at radius 3 is 2.11 bits per heavy atom. The number of anilines is 1. The fraction of sp³-hybridized carbons (Fsp3) is 0.273. The van der Waals surface area contributed by atoms with Gasteiger partial charge in [-0.25, -0.2) is 4.98 Å². The number of hydrogen-bond acceptors (Lipinski definition) is 10. The number of thiazole rings is 1. The van der Waals surface area contributed by atoms with E-state index in [1.54, 1.807) is 12.5 Å². The van der Waals surface area contributed by atoms with Gasteiger partial charge in [0.15, 0.2) is 10.8 Å². The number of amides is 2. The third-order valence-corrected chi connectivity index (χ3v) is 10.1. The first-order chi connectivity index (χ1) is 22.0. The lowest BCUT2D eigenvalue weighted by Crippen LogP contribution is -2.77. The molecule has 2 saturated heterocycles. The minimum Gasteiger partial charge on any atom is -0.398 e. The van der Waals surface area contributed by atoms with Gasteiger partial charge in [0, 0.05) is 18.2 Å². The topological polar surface area (TPSA) is 125 Å². The molecule has 4 aromatic rings. The molecule has 2 amide bonds. The number of carbonyl (C=O) groups excluding carboxylic acids is 2. The molecule has 12 heteroatoms. The highest BCUT2D eigenvalue weighted by Gasteiger charge is 2.55. The summed E-state index contributed by atoms with van der Waals surface area (Å²) in [5.74, 6) is -0.382. The number of ether oxygens (including phenoxy) is 1. The number of aliphatic hydroxyl groups excluding tert-OH is 1. The second-order valence-corrected chi connectivity index (χ2v) is 12.8. The van der Waals surface area contributed by atoms with Gasteiger partial charge in [-0.3, -0.25) is 9.59 Å². The van der Waals surface area contributed by atoms with E-state index in [2.05, 4.69) is 52.2 Å². The van der Waals surface area contributed by atoms with Crippen molar-refractivity contribution >= 4 is 45.8 Å². The number of thioether (sulfide) groups is 1. The molecule has 0 spiro atoms. The molecule has 4 atom stereocenters. The number of rotatable bonds is 11. The van der Waals surface area contributed by atoms with Crippen LogP contribution in [-0.4, -0.2) is 82.7 Å². The van der Waals surface area contributed by atoms with Crippen LogP contribution >= 0.6 is 23.1 Å². The zero-order valence-electron chi connectivity index (χ0n) is 24.7. The number of hydrogen-bond donors (Lipinski definition) is 3. The van der Waals surface area contributed by atoms with E-state index in [1.807, 2.05) is 54.6 Å². The summed E-state index contributed by atoms with van der Waals surface area (Å²) in [6.07, 6.45) is -0.979. The number of β-lactam (4-membered cyclic amide) rings is 1. The standard InChI is InChI=1S/C33H33N5O5S2/c1-42-18-26-30(40)38-25(20-44-26)28(31(38)41)35-29(39)27(37-43-2)24-19-45-32(34-24)36-33(21-12-6-3-7-13-21,22-14-8-4-9-15-22)23-16-10-5-11-17-23/h3-17,19,25-26,28,30,40H,18,20H2,1-2H3,(H,34,36)(H,35,39). The largest absolute Gasteiger partial charge is 0.398 e. The van der Waals surface area contributed by atoms with E-state index in [9.17, 15) is 14.7 Å². The Morgan fingerprint density at radius 1 is 1.00 bits per heavy atom. The van der Waals surface area contributed by atoms with Crippen LogP contribution in [0.4, 0.5) is 5.13 Å². The monoisotopic (exact) mass is 643 g/mol. The molecule has 2 aliphatic heterocycles. The molecule has 0 radical (unpaired) electrons. The van der Waals surface area contributed by atoms with Crippen molar-refractivity contribution in [1.82, 2.24) is 15.2 Å². The van der Waals surface area contributed by atoms with Crippen LogP contribution in [0.5, 0.6) is 0 Å². The molecule has 2 aliphatic rings. The second-order valence-electron chi connectivity index (χ2n) is 10.6. The average Bonchev–Trinajstić information content (AvgIpc) is 3.54. The first kappa shape index (κ1) is 30.8. The molecule has 4 unspecified atom stereocenters. The predicted molar refractivity (Wildman–Crippen MR) is 175 cm³/mol. The number of methoxy groups -OCH3 is 1. The van der Waals surface area contributed by atoms with Gasteiger partial charge >= 0.3 is 0 Å². The summed E-state index contributed by atoms with van der Waals surface area (Å²) in [4.78, 5) is 37.8. The molecular formula is C33H33N5O5S2. The van der Waals surface area contributed by atoms with E-state index in [4.69, 9.17) is 14.6 Å². The van der Waals surface area contributed by atoms with E-state index in [0.29, 0.717) is 23.2 Å². The Morgan fingerprint density at radius 2 is 1.58 bits per heavy atom. The lowest BCUT2D eigenvalue weighted by molar-refractivity contribution is -0.170. The van der Waals surface area contributed by atoms with Crippen molar-refractivity contribution in [2.24, 2.45) is 5.16 Å². The van der Waals surface area contributed by atoms with E-state index in [1.165, 1.54) is 35.1 Å². The highest BCUT2D eigenvalue weighted by molar-refractivity contribution is 8.00. The van der Waals surface area contributed by atoms with Gasteiger partial charge in [0.25, 0.3) is 5.91 Å². The molecule has 1 aromatic heterocycles. The Hall–Kier alpha value is -4.23. The first-order valence-corrected chi connectivity index (χ1v) is 16.3. The van der Waals surface area contributed by atoms with Gasteiger partial charge in [-0.1, -0.05) is 96.2 Å². The zero-order valence-corrected chi connectivity index (χ0v) is 26.3. The third kappa shape index (κ3) is 5.82. The molecule has 0 aliphatic carbocycles. The number of oxime groups is 1. The first-order valence-electron chi connectivity index (χ1n) is 14.4. The van der Waals surface area contributed by atoms with Gasteiger partial charge < -0.3 is 30.2 Å². The van der Waals surface area contributed by atoms with Crippen LogP contribution in [0.2, 0.25) is 0 Å². The average molecular weight is 644 g/mol. The summed E-state index contributed by atoms with van der Waals surface area (Å²) < 4.78 is 5.17. The summed E-state index contributed by atoms with van der Waals surface area (Å²) in [5.41, 5.74) is 2.47. The summed E-state index contributed by atoms with van der Waals surface area (Å²) in [7, 11) is 2.91. The minimum absolute atomic E-state index is 0.0564. The lowest BCUT2D eigenvalue weighted by atomic mass is 9.77. The number of nitrogens with one attached hydrogen (secondary N) is 2. The van der Waals surface area contributed by atoms with Crippen molar-refractivity contribution < 1.29 is 24.3 Å². The van der Waals surface area contributed by atoms with Crippen LogP contribution in [0.25, 0.3) is 0 Å². The molecule has 10 nitrogen and oxygen atoms in total. The summed E-state index contributed by atoms with van der Waals surface area (Å²) in [6, 6.07) is 29.3. The van der Waals surface area contributed by atoms with Crippen LogP contribution in [0.1, 0.15) is 22.4 Å². The molecule has 0 saturated carbocycles. The van der Waals surface area contributed by atoms with Gasteiger partial charge in [-0.2, -0.15) is 0 Å². The van der Waals surface area contributed by atoms with Crippen molar-refractivity contribution in [2.75, 3.05) is 31.9 Å². The Kier molecular flexibility index (Phi) is 9.17. The summed E-state index contributed by atoms with van der Waals surface area (Å²) in [5, 5.41) is 23.2. The van der Waals surface area contributed by atoms with Crippen molar-refractivity contribution in [2.45, 2.75) is 29.1 Å². The molecule has 6 rings (SSSR count). The Labute approximate surface area is 269 Å². The molecule has 2 fully saturated rings. The number of benzene rings is 3. The molecule has 3 aromatic carbocycles. The highest BCUT2D eigenvalue weighted by Crippen LogP contribution is 2.41. The molecule has 0 bridgehead atoms. The fourth-order valence-electron chi connectivity index (χ4n) is 5.90. The number of fused-ring (bicyclic) bond motifs is 1. The van der Waals surface area contributed by atoms with Crippen molar-refractivity contribution in [3.05, 3.63) is 119 Å². The molecule has 45 heavy (non-hydrogen) atoms. The van der Waals surface area contributed by atoms with Crippen LogP contribution in [0, 0.1) is 0 Å². The predicted octanol–water partition coefficient (Wildman–Crippen LogP) is 3.67. The normalized spacial score (nSPS) is 21.4. The number of carbonyl (C=O) groups is 2. The van der Waals surface area contributed by atoms with E-state index in [-0.39, 0.29) is 22.9 Å². The SMILES string of the molecule is COCC1SCC2C(NC(=O)C(=NOC)c3csc(NC(c4ccccc4)(c4ccccc4)c4ccccc4)n3)C(=O)N2C1O. The van der Waals surface area contributed by atoms with E-state index < -0.39 is 23.7 Å². The van der Waals surface area contributed by atoms with Crippen molar-refractivity contribution in [3.63, 3.8) is 0 Å². The van der Waals surface area contributed by atoms with Gasteiger partial charge in [0.2, 0.25) is 5.91 Å². The third-order valence-electron chi connectivity index (χ3n) is 8.04. The van der Waals surface area contributed by atoms with E-state index in [0.717, 1.165) is 16.7 Å². The van der Waals surface area contributed by atoms with Crippen LogP contribution in [-0.2, 0) is 24.7 Å². The molecule has 3 heterocycles. The Bertz CT molecular complexity index is 1560. The Balaban J connectivity index is 1.28. The molecule has 3 N–H and O–H groups in total. The lowest BCUT2D eigenvalue weighted by Gasteiger charge is -2.53. The smallest absolute Gasteiger partial charge is 0.276 e.